The lowest BCUT2D eigenvalue weighted by atomic mass is 9.95. The number of rotatable bonds is 5. The Labute approximate surface area is 156 Å². The summed E-state index contributed by atoms with van der Waals surface area (Å²) in [5, 5.41) is 20.6. The fraction of sp³-hybridized carbons (Fsp3) is 0.421. The number of aliphatic hydroxyl groups is 1. The molecule has 1 fully saturated rings. The molecule has 0 radical (unpaired) electrons. The van der Waals surface area contributed by atoms with Crippen molar-refractivity contribution < 1.29 is 14.3 Å². The minimum absolute atomic E-state index is 0.0626. The van der Waals surface area contributed by atoms with Crippen molar-refractivity contribution in [3.05, 3.63) is 47.6 Å². The van der Waals surface area contributed by atoms with E-state index in [0.29, 0.717) is 36.8 Å². The summed E-state index contributed by atoms with van der Waals surface area (Å²) in [6.45, 7) is 3.76. The molecule has 0 bridgehead atoms. The lowest BCUT2D eigenvalue weighted by Gasteiger charge is -2.31. The van der Waals surface area contributed by atoms with Crippen molar-refractivity contribution in [2.75, 3.05) is 19.7 Å². The summed E-state index contributed by atoms with van der Waals surface area (Å²) < 4.78 is 7.32. The second-order valence-corrected chi connectivity index (χ2v) is 6.89. The molecule has 0 aliphatic carbocycles. The van der Waals surface area contributed by atoms with Gasteiger partial charge in [0.2, 0.25) is 0 Å². The van der Waals surface area contributed by atoms with Gasteiger partial charge in [0.05, 0.1) is 18.8 Å². The van der Waals surface area contributed by atoms with E-state index in [1.165, 1.54) is 0 Å². The molecule has 0 spiro atoms. The number of furan rings is 1. The van der Waals surface area contributed by atoms with Gasteiger partial charge in [-0.3, -0.25) is 14.6 Å². The molecule has 4 heterocycles. The molecular weight excluding hydrogens is 346 g/mol. The van der Waals surface area contributed by atoms with E-state index in [0.717, 1.165) is 24.3 Å². The van der Waals surface area contributed by atoms with E-state index in [4.69, 9.17) is 9.52 Å². The summed E-state index contributed by atoms with van der Waals surface area (Å²) in [4.78, 5) is 14.7. The molecule has 0 saturated carbocycles. The van der Waals surface area contributed by atoms with Crippen LogP contribution in [0.15, 0.2) is 34.9 Å². The molecule has 2 N–H and O–H groups in total. The SMILES string of the molecule is Cc1ccc(-c2cc(C(=O)N3CCC[C@H](c4ccn(CCO)n4)C3)n[nH]2)o1. The van der Waals surface area contributed by atoms with Crippen molar-refractivity contribution in [2.24, 2.45) is 0 Å². The first-order chi connectivity index (χ1) is 13.1. The Bertz CT molecular complexity index is 925. The minimum atomic E-state index is -0.0831. The van der Waals surface area contributed by atoms with E-state index in [1.54, 1.807) is 10.7 Å². The number of likely N-dealkylation sites (tertiary alicyclic amines) is 1. The molecule has 3 aromatic heterocycles. The van der Waals surface area contributed by atoms with Crippen LogP contribution in [0.1, 0.15) is 40.7 Å². The highest BCUT2D eigenvalue weighted by molar-refractivity contribution is 5.93. The average Bonchev–Trinajstić information content (AvgIpc) is 3.42. The van der Waals surface area contributed by atoms with Crippen LogP contribution >= 0.6 is 0 Å². The van der Waals surface area contributed by atoms with Crippen LogP contribution in [0.25, 0.3) is 11.5 Å². The van der Waals surface area contributed by atoms with Gasteiger partial charge in [0.1, 0.15) is 11.5 Å². The molecule has 1 atom stereocenters. The third kappa shape index (κ3) is 3.66. The second-order valence-electron chi connectivity index (χ2n) is 6.89. The maximum absolute atomic E-state index is 12.9. The monoisotopic (exact) mass is 369 g/mol. The first-order valence-electron chi connectivity index (χ1n) is 9.20. The van der Waals surface area contributed by atoms with Gasteiger partial charge in [-0.15, -0.1) is 0 Å². The van der Waals surface area contributed by atoms with Gasteiger partial charge in [-0.05, 0) is 38.0 Å². The van der Waals surface area contributed by atoms with E-state index in [-0.39, 0.29) is 18.4 Å². The molecule has 142 valence electrons. The standard InChI is InChI=1S/C19H23N5O3/c1-13-4-5-18(27-13)16-11-17(21-20-16)19(26)23-7-2-3-14(12-23)15-6-8-24(22-15)9-10-25/h4-6,8,11,14,25H,2-3,7,9-10,12H2,1H3,(H,20,21)/t14-/m0/s1. The molecular formula is C19H23N5O3. The number of carbonyl (C=O) groups is 1. The predicted molar refractivity (Wildman–Crippen MR) is 98.2 cm³/mol. The first kappa shape index (κ1) is 17.5. The Hall–Kier alpha value is -2.87. The number of H-pyrrole nitrogens is 1. The maximum atomic E-state index is 12.9. The molecule has 1 aliphatic heterocycles. The van der Waals surface area contributed by atoms with Crippen molar-refractivity contribution in [1.82, 2.24) is 24.9 Å². The average molecular weight is 369 g/mol. The van der Waals surface area contributed by atoms with Gasteiger partial charge in [0.25, 0.3) is 5.91 Å². The van der Waals surface area contributed by atoms with Gasteiger partial charge in [-0.1, -0.05) is 0 Å². The molecule has 1 saturated heterocycles. The first-order valence-corrected chi connectivity index (χ1v) is 9.20. The summed E-state index contributed by atoms with van der Waals surface area (Å²) in [5.74, 6) is 1.60. The van der Waals surface area contributed by atoms with E-state index in [1.807, 2.05) is 36.2 Å². The Balaban J connectivity index is 1.46. The quantitative estimate of drug-likeness (QED) is 0.718. The molecule has 1 aliphatic rings. The number of amides is 1. The summed E-state index contributed by atoms with van der Waals surface area (Å²) in [5.41, 5.74) is 2.06. The fourth-order valence-corrected chi connectivity index (χ4v) is 3.52. The Morgan fingerprint density at radius 1 is 1.41 bits per heavy atom. The number of hydrogen-bond acceptors (Lipinski definition) is 5. The van der Waals surface area contributed by atoms with Crippen LogP contribution in [-0.2, 0) is 6.54 Å². The van der Waals surface area contributed by atoms with Crippen LogP contribution in [0.2, 0.25) is 0 Å². The Morgan fingerprint density at radius 2 is 2.30 bits per heavy atom. The smallest absolute Gasteiger partial charge is 0.274 e. The second kappa shape index (κ2) is 7.40. The Morgan fingerprint density at radius 3 is 3.07 bits per heavy atom. The number of aryl methyl sites for hydroxylation is 1. The van der Waals surface area contributed by atoms with Crippen LogP contribution in [0.4, 0.5) is 0 Å². The third-order valence-corrected chi connectivity index (χ3v) is 4.92. The van der Waals surface area contributed by atoms with Crippen LogP contribution in [-0.4, -0.2) is 55.6 Å². The highest BCUT2D eigenvalue weighted by Crippen LogP contribution is 2.27. The number of aliphatic hydroxyl groups excluding tert-OH is 1. The number of nitrogens with one attached hydrogen (secondary N) is 1. The van der Waals surface area contributed by atoms with E-state index in [2.05, 4.69) is 15.3 Å². The maximum Gasteiger partial charge on any atom is 0.274 e. The zero-order chi connectivity index (χ0) is 18.8. The van der Waals surface area contributed by atoms with Crippen molar-refractivity contribution >= 4 is 5.91 Å². The third-order valence-electron chi connectivity index (χ3n) is 4.92. The normalized spacial score (nSPS) is 17.4. The van der Waals surface area contributed by atoms with Crippen LogP contribution < -0.4 is 0 Å². The van der Waals surface area contributed by atoms with E-state index in [9.17, 15) is 4.79 Å². The largest absolute Gasteiger partial charge is 0.460 e. The summed E-state index contributed by atoms with van der Waals surface area (Å²) in [6.07, 6.45) is 3.80. The van der Waals surface area contributed by atoms with Gasteiger partial charge in [0, 0.05) is 31.3 Å². The van der Waals surface area contributed by atoms with E-state index >= 15 is 0 Å². The molecule has 1 amide bonds. The molecule has 4 rings (SSSR count). The molecule has 8 heteroatoms. The van der Waals surface area contributed by atoms with Gasteiger partial charge in [-0.2, -0.15) is 10.2 Å². The molecule has 27 heavy (non-hydrogen) atoms. The number of hydrogen-bond donors (Lipinski definition) is 2. The summed E-state index contributed by atoms with van der Waals surface area (Å²) >= 11 is 0. The zero-order valence-electron chi connectivity index (χ0n) is 15.3. The lowest BCUT2D eigenvalue weighted by molar-refractivity contribution is 0.0699. The summed E-state index contributed by atoms with van der Waals surface area (Å²) in [6, 6.07) is 7.44. The van der Waals surface area contributed by atoms with Crippen molar-refractivity contribution in [1.29, 1.82) is 0 Å². The highest BCUT2D eigenvalue weighted by Gasteiger charge is 2.28. The molecule has 8 nitrogen and oxygen atoms in total. The lowest BCUT2D eigenvalue weighted by Crippen LogP contribution is -2.39. The predicted octanol–water partition coefficient (Wildman–Crippen LogP) is 2.19. The number of aromatic nitrogens is 4. The van der Waals surface area contributed by atoms with E-state index < -0.39 is 0 Å². The number of carbonyl (C=O) groups excluding carboxylic acids is 1. The number of aromatic amines is 1. The number of piperidine rings is 1. The van der Waals surface area contributed by atoms with Crippen molar-refractivity contribution in [2.45, 2.75) is 32.2 Å². The van der Waals surface area contributed by atoms with Crippen molar-refractivity contribution in [3.63, 3.8) is 0 Å². The number of nitrogens with zero attached hydrogens (tertiary/aromatic N) is 4. The van der Waals surface area contributed by atoms with Gasteiger partial charge in [-0.25, -0.2) is 0 Å². The van der Waals surface area contributed by atoms with Crippen LogP contribution in [0, 0.1) is 6.92 Å². The van der Waals surface area contributed by atoms with Crippen molar-refractivity contribution in [3.8, 4) is 11.5 Å². The minimum Gasteiger partial charge on any atom is -0.460 e. The highest BCUT2D eigenvalue weighted by atomic mass is 16.3. The van der Waals surface area contributed by atoms with Gasteiger partial charge < -0.3 is 14.4 Å². The van der Waals surface area contributed by atoms with Gasteiger partial charge >= 0.3 is 0 Å². The zero-order valence-corrected chi connectivity index (χ0v) is 15.3. The summed E-state index contributed by atoms with van der Waals surface area (Å²) in [7, 11) is 0. The fourth-order valence-electron chi connectivity index (χ4n) is 3.52. The molecule has 0 aromatic carbocycles. The topological polar surface area (TPSA) is 100 Å². The Kier molecular flexibility index (Phi) is 4.81. The van der Waals surface area contributed by atoms with Crippen LogP contribution in [0.3, 0.4) is 0 Å². The van der Waals surface area contributed by atoms with Crippen LogP contribution in [0.5, 0.6) is 0 Å². The molecule has 3 aromatic rings. The van der Waals surface area contributed by atoms with Gasteiger partial charge in [0.15, 0.2) is 11.5 Å². The molecule has 0 unspecified atom stereocenters.